The van der Waals surface area contributed by atoms with E-state index in [4.69, 9.17) is 23.2 Å². The van der Waals surface area contributed by atoms with Gasteiger partial charge in [0, 0.05) is 28.3 Å². The van der Waals surface area contributed by atoms with E-state index < -0.39 is 0 Å². The number of nitrogens with zero attached hydrogens (tertiary/aromatic N) is 3. The quantitative estimate of drug-likeness (QED) is 0.574. The van der Waals surface area contributed by atoms with Gasteiger partial charge in [-0.15, -0.1) is 10.2 Å². The Kier molecular flexibility index (Phi) is 6.09. The third kappa shape index (κ3) is 4.64. The molecule has 2 aromatic carbocycles. The van der Waals surface area contributed by atoms with Gasteiger partial charge in [-0.1, -0.05) is 59.2 Å². The maximum Gasteiger partial charge on any atom is 0.237 e. The van der Waals surface area contributed by atoms with Gasteiger partial charge in [-0.2, -0.15) is 0 Å². The normalized spacial score (nSPS) is 12.0. The summed E-state index contributed by atoms with van der Waals surface area (Å²) in [5.74, 6) is 0.601. The van der Waals surface area contributed by atoms with Gasteiger partial charge in [-0.3, -0.25) is 4.79 Å². The van der Waals surface area contributed by atoms with Gasteiger partial charge >= 0.3 is 0 Å². The zero-order chi connectivity index (χ0) is 19.6. The number of rotatable bonds is 5. The third-order valence-corrected chi connectivity index (χ3v) is 5.57. The number of aryl methyl sites for hydroxylation is 1. The fraction of sp³-hybridized carbons (Fsp3) is 0.211. The summed E-state index contributed by atoms with van der Waals surface area (Å²) in [7, 11) is 1.89. The topological polar surface area (TPSA) is 59.8 Å². The number of amides is 1. The Morgan fingerprint density at radius 1 is 1.15 bits per heavy atom. The first-order valence-corrected chi connectivity index (χ1v) is 9.87. The molecule has 1 heterocycles. The van der Waals surface area contributed by atoms with Gasteiger partial charge in [0.2, 0.25) is 5.91 Å². The Morgan fingerprint density at radius 3 is 2.48 bits per heavy atom. The molecule has 0 saturated heterocycles. The molecule has 0 bridgehead atoms. The molecule has 0 spiro atoms. The predicted octanol–water partition coefficient (Wildman–Crippen LogP) is 5.22. The SMILES string of the molecule is Cc1ccccc1-c1nnc(SC(C)C(=O)Nc2cc(Cl)cc(Cl)c2)n1C. The van der Waals surface area contributed by atoms with Gasteiger partial charge < -0.3 is 9.88 Å². The second-order valence-corrected chi connectivity index (χ2v) is 8.27. The van der Waals surface area contributed by atoms with Crippen LogP contribution in [-0.2, 0) is 11.8 Å². The molecule has 0 aliphatic rings. The molecular weight excluding hydrogens is 403 g/mol. The Labute approximate surface area is 172 Å². The Morgan fingerprint density at radius 2 is 1.81 bits per heavy atom. The number of benzene rings is 2. The highest BCUT2D eigenvalue weighted by atomic mass is 35.5. The lowest BCUT2D eigenvalue weighted by Crippen LogP contribution is -2.22. The molecule has 0 radical (unpaired) electrons. The standard InChI is InChI=1S/C19H18Cl2N4OS/c1-11-6-4-5-7-16(11)17-23-24-19(25(17)3)27-12(2)18(26)22-15-9-13(20)8-14(21)10-15/h4-10,12H,1-3H3,(H,22,26). The first-order chi connectivity index (χ1) is 12.8. The summed E-state index contributed by atoms with van der Waals surface area (Å²) in [6.45, 7) is 3.84. The second kappa shape index (κ2) is 8.33. The molecule has 0 fully saturated rings. The van der Waals surface area contributed by atoms with Crippen LogP contribution >= 0.6 is 35.0 Å². The molecule has 1 atom stereocenters. The van der Waals surface area contributed by atoms with Crippen molar-refractivity contribution in [3.63, 3.8) is 0 Å². The number of hydrogen-bond donors (Lipinski definition) is 1. The van der Waals surface area contributed by atoms with Crippen molar-refractivity contribution in [1.82, 2.24) is 14.8 Å². The Balaban J connectivity index is 1.73. The summed E-state index contributed by atoms with van der Waals surface area (Å²) in [4.78, 5) is 12.5. The minimum atomic E-state index is -0.379. The van der Waals surface area contributed by atoms with Crippen LogP contribution in [0.4, 0.5) is 5.69 Å². The van der Waals surface area contributed by atoms with Crippen molar-refractivity contribution in [1.29, 1.82) is 0 Å². The molecule has 3 rings (SSSR count). The van der Waals surface area contributed by atoms with Gasteiger partial charge in [-0.05, 0) is 37.6 Å². The fourth-order valence-electron chi connectivity index (χ4n) is 2.56. The molecule has 27 heavy (non-hydrogen) atoms. The lowest BCUT2D eigenvalue weighted by molar-refractivity contribution is -0.115. The van der Waals surface area contributed by atoms with Crippen LogP contribution in [0.25, 0.3) is 11.4 Å². The van der Waals surface area contributed by atoms with Crippen molar-refractivity contribution >= 4 is 46.6 Å². The van der Waals surface area contributed by atoms with E-state index in [0.717, 1.165) is 17.0 Å². The van der Waals surface area contributed by atoms with Crippen LogP contribution in [0.3, 0.4) is 0 Å². The average molecular weight is 421 g/mol. The summed E-state index contributed by atoms with van der Waals surface area (Å²) in [5, 5.41) is 12.6. The summed E-state index contributed by atoms with van der Waals surface area (Å²) in [6, 6.07) is 12.9. The van der Waals surface area contributed by atoms with E-state index in [1.165, 1.54) is 11.8 Å². The molecule has 0 saturated carbocycles. The molecule has 3 aromatic rings. The number of halogens is 2. The van der Waals surface area contributed by atoms with Gasteiger partial charge in [0.1, 0.15) is 0 Å². The van der Waals surface area contributed by atoms with E-state index in [2.05, 4.69) is 15.5 Å². The van der Waals surface area contributed by atoms with Crippen molar-refractivity contribution in [2.75, 3.05) is 5.32 Å². The molecule has 0 aliphatic carbocycles. The smallest absolute Gasteiger partial charge is 0.237 e. The van der Waals surface area contributed by atoms with Crippen LogP contribution in [0.2, 0.25) is 10.0 Å². The van der Waals surface area contributed by atoms with Crippen molar-refractivity contribution in [3.05, 3.63) is 58.1 Å². The van der Waals surface area contributed by atoms with E-state index in [1.807, 2.05) is 49.7 Å². The van der Waals surface area contributed by atoms with E-state index in [1.54, 1.807) is 18.2 Å². The fourth-order valence-corrected chi connectivity index (χ4v) is 3.90. The van der Waals surface area contributed by atoms with Gasteiger partial charge in [0.15, 0.2) is 11.0 Å². The van der Waals surface area contributed by atoms with Crippen LogP contribution in [-0.4, -0.2) is 25.9 Å². The predicted molar refractivity (Wildman–Crippen MR) is 112 cm³/mol. The van der Waals surface area contributed by atoms with Crippen molar-refractivity contribution in [3.8, 4) is 11.4 Å². The summed E-state index contributed by atoms with van der Waals surface area (Å²) < 4.78 is 1.90. The lowest BCUT2D eigenvalue weighted by Gasteiger charge is -2.12. The lowest BCUT2D eigenvalue weighted by atomic mass is 10.1. The molecular formula is C19H18Cl2N4OS. The zero-order valence-corrected chi connectivity index (χ0v) is 17.4. The van der Waals surface area contributed by atoms with Gasteiger partial charge in [0.25, 0.3) is 0 Å². The molecule has 1 amide bonds. The van der Waals surface area contributed by atoms with Crippen molar-refractivity contribution in [2.45, 2.75) is 24.3 Å². The molecule has 1 unspecified atom stereocenters. The van der Waals surface area contributed by atoms with Crippen LogP contribution in [0.5, 0.6) is 0 Å². The van der Waals surface area contributed by atoms with Crippen molar-refractivity contribution < 1.29 is 4.79 Å². The number of nitrogens with one attached hydrogen (secondary N) is 1. The summed E-state index contributed by atoms with van der Waals surface area (Å²) >= 11 is 13.3. The summed E-state index contributed by atoms with van der Waals surface area (Å²) in [6.07, 6.45) is 0. The first kappa shape index (κ1) is 19.7. The number of carbonyl (C=O) groups excluding carboxylic acids is 1. The average Bonchev–Trinajstić information content (AvgIpc) is 2.95. The highest BCUT2D eigenvalue weighted by molar-refractivity contribution is 8.00. The number of aromatic nitrogens is 3. The number of anilines is 1. The van der Waals surface area contributed by atoms with Gasteiger partial charge in [-0.25, -0.2) is 0 Å². The zero-order valence-electron chi connectivity index (χ0n) is 15.0. The van der Waals surface area contributed by atoms with Crippen molar-refractivity contribution in [2.24, 2.45) is 7.05 Å². The monoisotopic (exact) mass is 420 g/mol. The van der Waals surface area contributed by atoms with Crippen LogP contribution in [0, 0.1) is 6.92 Å². The molecule has 8 heteroatoms. The molecule has 5 nitrogen and oxygen atoms in total. The number of hydrogen-bond acceptors (Lipinski definition) is 4. The minimum Gasteiger partial charge on any atom is -0.325 e. The van der Waals surface area contributed by atoms with E-state index in [9.17, 15) is 4.79 Å². The van der Waals surface area contributed by atoms with Crippen LogP contribution < -0.4 is 5.32 Å². The highest BCUT2D eigenvalue weighted by Gasteiger charge is 2.20. The van der Waals surface area contributed by atoms with E-state index >= 15 is 0 Å². The largest absolute Gasteiger partial charge is 0.325 e. The van der Waals surface area contributed by atoms with E-state index in [0.29, 0.717) is 20.9 Å². The third-order valence-electron chi connectivity index (χ3n) is 4.00. The van der Waals surface area contributed by atoms with E-state index in [-0.39, 0.29) is 11.2 Å². The van der Waals surface area contributed by atoms with Crippen LogP contribution in [0.1, 0.15) is 12.5 Å². The Hall–Kier alpha value is -2.02. The van der Waals surface area contributed by atoms with Gasteiger partial charge in [0.05, 0.1) is 5.25 Å². The molecule has 0 aliphatic heterocycles. The maximum atomic E-state index is 12.5. The van der Waals surface area contributed by atoms with Crippen LogP contribution in [0.15, 0.2) is 47.6 Å². The molecule has 1 aromatic heterocycles. The maximum absolute atomic E-state index is 12.5. The number of carbonyl (C=O) groups is 1. The first-order valence-electron chi connectivity index (χ1n) is 8.24. The minimum absolute atomic E-state index is 0.168. The Bertz CT molecular complexity index is 969. The second-order valence-electron chi connectivity index (χ2n) is 6.09. The molecule has 1 N–H and O–H groups in total. The summed E-state index contributed by atoms with van der Waals surface area (Å²) in [5.41, 5.74) is 2.70. The highest BCUT2D eigenvalue weighted by Crippen LogP contribution is 2.28. The molecule has 140 valence electrons. The number of thioether (sulfide) groups is 1.